The summed E-state index contributed by atoms with van der Waals surface area (Å²) in [6, 6.07) is 0.473. The minimum absolute atomic E-state index is 0.473. The molecule has 2 aliphatic heterocycles. The average Bonchev–Trinajstić information content (AvgIpc) is 2.22. The van der Waals surface area contributed by atoms with Crippen LogP contribution >= 0.6 is 11.6 Å². The molecule has 0 amide bonds. The van der Waals surface area contributed by atoms with Crippen molar-refractivity contribution in [2.45, 2.75) is 13.0 Å². The molecule has 1 saturated heterocycles. The molecule has 0 bridgehead atoms. The third-order valence-corrected chi connectivity index (χ3v) is 2.77. The first-order valence-electron chi connectivity index (χ1n) is 5.04. The molecule has 84 valence electrons. The van der Waals surface area contributed by atoms with Crippen LogP contribution in [-0.2, 0) is 0 Å². The van der Waals surface area contributed by atoms with E-state index in [1.807, 2.05) is 6.08 Å². The van der Waals surface area contributed by atoms with E-state index in [4.69, 9.17) is 17.3 Å². The number of nitrogens with two attached hydrogens (primary N) is 1. The van der Waals surface area contributed by atoms with Crippen LogP contribution in [0.1, 0.15) is 6.92 Å². The molecule has 0 aliphatic carbocycles. The highest BCUT2D eigenvalue weighted by molar-refractivity contribution is 6.29. The third-order valence-electron chi connectivity index (χ3n) is 2.57. The summed E-state index contributed by atoms with van der Waals surface area (Å²) in [5, 5.41) is 3.94. The maximum atomic E-state index is 5.89. The molecule has 1 fully saturated rings. The van der Waals surface area contributed by atoms with Gasteiger partial charge in [0.1, 0.15) is 11.0 Å². The van der Waals surface area contributed by atoms with Crippen LogP contribution in [0.3, 0.4) is 0 Å². The average molecular weight is 230 g/mol. The molecule has 0 aromatic heterocycles. The zero-order chi connectivity index (χ0) is 10.8. The summed E-state index contributed by atoms with van der Waals surface area (Å²) in [5.41, 5.74) is 12.4. The Morgan fingerprint density at radius 2 is 2.33 bits per heavy atom. The fraction of sp³-hybridized carbons (Fsp3) is 0.556. The first-order valence-corrected chi connectivity index (χ1v) is 5.42. The van der Waals surface area contributed by atoms with Gasteiger partial charge in [-0.15, -0.1) is 0 Å². The smallest absolute Gasteiger partial charge is 0.139 e. The van der Waals surface area contributed by atoms with Crippen molar-refractivity contribution in [1.29, 1.82) is 0 Å². The largest absolute Gasteiger partial charge is 0.382 e. The Labute approximate surface area is 94.3 Å². The van der Waals surface area contributed by atoms with E-state index in [1.165, 1.54) is 0 Å². The van der Waals surface area contributed by atoms with Crippen LogP contribution in [0.2, 0.25) is 0 Å². The molecule has 15 heavy (non-hydrogen) atoms. The Hall–Kier alpha value is -1.07. The maximum absolute atomic E-state index is 5.89. The zero-order valence-electron chi connectivity index (χ0n) is 8.68. The van der Waals surface area contributed by atoms with E-state index in [-0.39, 0.29) is 0 Å². The van der Waals surface area contributed by atoms with Crippen molar-refractivity contribution in [3.63, 3.8) is 0 Å². The number of hydrazine groups is 1. The number of piperazine rings is 1. The van der Waals surface area contributed by atoms with Crippen molar-refractivity contribution >= 4 is 11.6 Å². The van der Waals surface area contributed by atoms with Crippen molar-refractivity contribution in [3.05, 3.63) is 22.8 Å². The predicted octanol–water partition coefficient (Wildman–Crippen LogP) is -0.404. The van der Waals surface area contributed by atoms with Crippen LogP contribution in [0.4, 0.5) is 0 Å². The van der Waals surface area contributed by atoms with Crippen molar-refractivity contribution in [2.75, 3.05) is 19.6 Å². The van der Waals surface area contributed by atoms with Gasteiger partial charge in [-0.05, 0) is 6.92 Å². The molecule has 5 N–H and O–H groups in total. The minimum atomic E-state index is 0.473. The fourth-order valence-electron chi connectivity index (χ4n) is 1.84. The summed E-state index contributed by atoms with van der Waals surface area (Å²) in [6.07, 6.45) is 1.85. The number of rotatable bonds is 1. The van der Waals surface area contributed by atoms with Gasteiger partial charge in [0, 0.05) is 31.8 Å². The quantitative estimate of drug-likeness (QED) is 0.461. The third kappa shape index (κ3) is 2.30. The number of hydrogen-bond acceptors (Lipinski definition) is 5. The predicted molar refractivity (Wildman–Crippen MR) is 60.5 cm³/mol. The van der Waals surface area contributed by atoms with Crippen molar-refractivity contribution in [1.82, 2.24) is 21.1 Å². The van der Waals surface area contributed by atoms with E-state index < -0.39 is 0 Å². The summed E-state index contributed by atoms with van der Waals surface area (Å²) in [7, 11) is 0. The normalized spacial score (nSPS) is 26.9. The van der Waals surface area contributed by atoms with E-state index >= 15 is 0 Å². The number of hydrogen-bond donors (Lipinski definition) is 4. The monoisotopic (exact) mass is 229 g/mol. The maximum Gasteiger partial charge on any atom is 0.139 e. The van der Waals surface area contributed by atoms with E-state index in [0.717, 1.165) is 25.3 Å². The number of nitrogens with one attached hydrogen (secondary N) is 3. The molecule has 2 heterocycles. The lowest BCUT2D eigenvalue weighted by molar-refractivity contribution is 0.257. The Balaban J connectivity index is 2.14. The van der Waals surface area contributed by atoms with Crippen molar-refractivity contribution in [3.8, 4) is 0 Å². The van der Waals surface area contributed by atoms with Gasteiger partial charge in [-0.3, -0.25) is 10.9 Å². The molecule has 2 rings (SSSR count). The van der Waals surface area contributed by atoms with E-state index in [2.05, 4.69) is 28.0 Å². The second-order valence-electron chi connectivity index (χ2n) is 3.84. The molecule has 2 aliphatic rings. The molecular formula is C9H16ClN5. The second kappa shape index (κ2) is 4.20. The Morgan fingerprint density at radius 1 is 1.53 bits per heavy atom. The lowest BCUT2D eigenvalue weighted by Crippen LogP contribution is -2.50. The molecule has 0 aromatic rings. The number of nitrogens with zero attached hydrogens (tertiary/aromatic N) is 1. The molecule has 1 unspecified atom stereocenters. The van der Waals surface area contributed by atoms with Crippen LogP contribution in [0.15, 0.2) is 22.8 Å². The lowest BCUT2D eigenvalue weighted by Gasteiger charge is -2.36. The summed E-state index contributed by atoms with van der Waals surface area (Å²) in [6.45, 7) is 5.01. The van der Waals surface area contributed by atoms with Gasteiger partial charge in [-0.2, -0.15) is 0 Å². The van der Waals surface area contributed by atoms with E-state index in [0.29, 0.717) is 17.0 Å². The number of halogens is 1. The minimum Gasteiger partial charge on any atom is -0.382 e. The highest BCUT2D eigenvalue weighted by Crippen LogP contribution is 2.16. The van der Waals surface area contributed by atoms with Crippen LogP contribution in [0.25, 0.3) is 0 Å². The molecule has 1 atom stereocenters. The topological polar surface area (TPSA) is 65.3 Å². The molecule has 0 radical (unpaired) electrons. The van der Waals surface area contributed by atoms with Gasteiger partial charge in [0.25, 0.3) is 0 Å². The van der Waals surface area contributed by atoms with Crippen LogP contribution < -0.4 is 21.9 Å². The zero-order valence-corrected chi connectivity index (χ0v) is 9.43. The van der Waals surface area contributed by atoms with Gasteiger partial charge >= 0.3 is 0 Å². The summed E-state index contributed by atoms with van der Waals surface area (Å²) in [5.74, 6) is 0.619. The van der Waals surface area contributed by atoms with E-state index in [1.54, 1.807) is 0 Å². The highest BCUT2D eigenvalue weighted by atomic mass is 35.5. The van der Waals surface area contributed by atoms with Gasteiger partial charge in [0.15, 0.2) is 0 Å². The van der Waals surface area contributed by atoms with Gasteiger partial charge in [-0.1, -0.05) is 11.6 Å². The summed E-state index contributed by atoms with van der Waals surface area (Å²) >= 11 is 5.89. The van der Waals surface area contributed by atoms with Gasteiger partial charge in [0.05, 0.1) is 5.70 Å². The summed E-state index contributed by atoms with van der Waals surface area (Å²) in [4.78, 5) is 2.23. The van der Waals surface area contributed by atoms with Crippen LogP contribution in [0, 0.1) is 0 Å². The Kier molecular flexibility index (Phi) is 2.93. The summed E-state index contributed by atoms with van der Waals surface area (Å²) < 4.78 is 0. The van der Waals surface area contributed by atoms with E-state index in [9.17, 15) is 0 Å². The molecule has 5 nitrogen and oxygen atoms in total. The Morgan fingerprint density at radius 3 is 3.07 bits per heavy atom. The Bertz CT molecular complexity index is 312. The molecule has 6 heteroatoms. The fourth-order valence-corrected chi connectivity index (χ4v) is 1.99. The second-order valence-corrected chi connectivity index (χ2v) is 4.25. The standard InChI is InChI=1S/C9H16ClN5/c1-6-5-15(3-2-12-6)7-4-8(10)13-14-9(7)11/h4,6,12-14H,2-3,5,11H2,1H3. The van der Waals surface area contributed by atoms with Gasteiger partial charge in [-0.25, -0.2) is 0 Å². The highest BCUT2D eigenvalue weighted by Gasteiger charge is 2.20. The molecule has 0 spiro atoms. The first kappa shape index (κ1) is 10.4. The molecule has 0 saturated carbocycles. The van der Waals surface area contributed by atoms with Crippen molar-refractivity contribution < 1.29 is 0 Å². The van der Waals surface area contributed by atoms with Gasteiger partial charge < -0.3 is 16.0 Å². The van der Waals surface area contributed by atoms with Crippen LogP contribution in [0.5, 0.6) is 0 Å². The molecule has 0 aromatic carbocycles. The van der Waals surface area contributed by atoms with Gasteiger partial charge in [0.2, 0.25) is 0 Å². The lowest BCUT2D eigenvalue weighted by atomic mass is 10.2. The van der Waals surface area contributed by atoms with Crippen LogP contribution in [-0.4, -0.2) is 30.6 Å². The van der Waals surface area contributed by atoms with Crippen molar-refractivity contribution in [2.24, 2.45) is 5.73 Å². The number of allylic oxidation sites excluding steroid dienone is 1. The molecular weight excluding hydrogens is 214 g/mol. The first-order chi connectivity index (χ1) is 7.16. The SMILES string of the molecule is CC1CN(C2=C(N)NNC(Cl)=C2)CCN1.